The summed E-state index contributed by atoms with van der Waals surface area (Å²) in [7, 11) is 10.5. The molecule has 3 fully saturated rings. The standard InChI is InChI=1S/2C22H27N2.3C21H23N2/c1-6-17(7-2)18-10-11-19-21(13-18)23-14-24(5)22(19)20-12-15(3)8-9-16(20)4;1-6-17(7-2)18-9-8-10-19-21(18)23-14-24(5)22(19)20-13-15(3)11-12-16(20)4;1-14-10-11-15(2)19(12-14)21-18-9-5-8-17(16-6-4-7-16)20(18)22-13-23(21)3;1-14-7-8-15(2)18(11-14)21-19-12-17(16-5-4-6-16)9-10-20(19)22-13-23(21)3;1-14-7-8-15(2)19(11-14)21-18-10-9-17(16-5-4-6-16)12-20(18)22-13-23(21)3/h2*8-14,17H,6-7H2,1-5H3;5,8-13,16H,4,6-7H2,1-3H3;2*7-13,16H,4-6H2,1-3H3/q5*+1. The molecule has 3 aliphatic carbocycles. The van der Waals surface area contributed by atoms with Crippen molar-refractivity contribution in [2.75, 3.05) is 0 Å². The number of aryl methyl sites for hydroxylation is 15. The zero-order valence-electron chi connectivity index (χ0n) is 73.3. The lowest BCUT2D eigenvalue weighted by molar-refractivity contribution is -0.662. The summed E-state index contributed by atoms with van der Waals surface area (Å²) >= 11 is 0. The number of nitrogens with zero attached hydrogens (tertiary/aromatic N) is 10. The SMILES string of the molecule is CCC(CC)c1ccc2c(-c3cc(C)ccc3C)[n+](C)cnc2c1.CCC(CC)c1cccc2c(-c3cc(C)ccc3C)[n+](C)cnc12.Cc1ccc(C)c(-c2c3cc(C4CCC4)ccc3nc[n+]2C)c1.Cc1ccc(C)c(-c2c3ccc(C4CCC4)cc3nc[n+]2C)c1.Cc1ccc(C)c(-c2c3cccc(C4CCC4)c3nc[n+]2C)c1. The second kappa shape index (κ2) is 36.2. The Labute approximate surface area is 696 Å². The molecule has 10 heteroatoms. The van der Waals surface area contributed by atoms with Crippen molar-refractivity contribution < 1.29 is 22.8 Å². The molecule has 0 saturated heterocycles. The average molecular weight is 1550 g/mol. The van der Waals surface area contributed by atoms with Crippen LogP contribution in [-0.2, 0) is 35.2 Å². The summed E-state index contributed by atoms with van der Waals surface area (Å²) in [6.07, 6.45) is 26.4. The van der Waals surface area contributed by atoms with Crippen molar-refractivity contribution in [2.45, 2.75) is 210 Å². The van der Waals surface area contributed by atoms with Crippen molar-refractivity contribution in [1.82, 2.24) is 24.9 Å². The summed E-state index contributed by atoms with van der Waals surface area (Å²) in [5, 5.41) is 6.26. The van der Waals surface area contributed by atoms with Gasteiger partial charge in [-0.1, -0.05) is 178 Å². The lowest BCUT2D eigenvalue weighted by Crippen LogP contribution is -2.32. The van der Waals surface area contributed by atoms with E-state index < -0.39 is 0 Å². The van der Waals surface area contributed by atoms with Gasteiger partial charge >= 0.3 is 0 Å². The molecule has 0 atom stereocenters. The molecule has 18 rings (SSSR count). The number of benzene rings is 10. The van der Waals surface area contributed by atoms with Crippen LogP contribution in [0.3, 0.4) is 0 Å². The molecule has 3 aliphatic rings. The molecule has 0 unspecified atom stereocenters. The van der Waals surface area contributed by atoms with Gasteiger partial charge in [-0.15, -0.1) is 0 Å². The molecule has 3 saturated carbocycles. The van der Waals surface area contributed by atoms with Crippen molar-refractivity contribution >= 4 is 54.5 Å². The first-order chi connectivity index (χ1) is 56.5. The fraction of sp³-hybridized carbons (Fsp3) is 0.346. The van der Waals surface area contributed by atoms with E-state index in [0.717, 1.165) is 46.7 Å². The van der Waals surface area contributed by atoms with Crippen LogP contribution in [0.4, 0.5) is 0 Å². The van der Waals surface area contributed by atoms with E-state index >= 15 is 0 Å². The third-order valence-corrected chi connectivity index (χ3v) is 25.9. The Balaban J connectivity index is 0.000000120. The highest BCUT2D eigenvalue weighted by atomic mass is 15.0. The third-order valence-electron chi connectivity index (χ3n) is 25.9. The first-order valence-electron chi connectivity index (χ1n) is 43.3. The molecule has 0 amide bonds. The fourth-order valence-electron chi connectivity index (χ4n) is 18.1. The topological polar surface area (TPSA) is 83.8 Å². The highest BCUT2D eigenvalue weighted by Gasteiger charge is 2.30. The minimum atomic E-state index is 0.570. The highest BCUT2D eigenvalue weighted by Crippen LogP contribution is 2.44. The average Bonchev–Trinajstić information content (AvgIpc) is 0.781. The van der Waals surface area contributed by atoms with Gasteiger partial charge in [0.2, 0.25) is 0 Å². The van der Waals surface area contributed by atoms with E-state index in [1.807, 2.05) is 31.6 Å². The van der Waals surface area contributed by atoms with E-state index in [9.17, 15) is 0 Å². The Kier molecular flexibility index (Phi) is 25.5. The van der Waals surface area contributed by atoms with Gasteiger partial charge in [-0.05, 0) is 311 Å². The molecule has 5 heterocycles. The Morgan fingerprint density at radius 2 is 0.632 bits per heavy atom. The number of hydrogen-bond acceptors (Lipinski definition) is 5. The first kappa shape index (κ1) is 82.4. The van der Waals surface area contributed by atoms with Crippen LogP contribution in [0.2, 0.25) is 0 Å². The number of rotatable bonds is 14. The number of fused-ring (bicyclic) bond motifs is 5. The van der Waals surface area contributed by atoms with Crippen LogP contribution in [-0.4, -0.2) is 24.9 Å². The van der Waals surface area contributed by atoms with Gasteiger partial charge in [-0.25, -0.2) is 22.8 Å². The van der Waals surface area contributed by atoms with Crippen molar-refractivity contribution in [3.8, 4) is 56.3 Å². The Morgan fingerprint density at radius 1 is 0.291 bits per heavy atom. The second-order valence-electron chi connectivity index (χ2n) is 34.3. The molecule has 5 aromatic heterocycles. The molecular formula is C107H123N10+5. The van der Waals surface area contributed by atoms with Crippen molar-refractivity contribution in [1.29, 1.82) is 0 Å². The first-order valence-corrected chi connectivity index (χ1v) is 43.3. The summed E-state index contributed by atoms with van der Waals surface area (Å²) in [4.78, 5) is 23.6. The van der Waals surface area contributed by atoms with E-state index in [-0.39, 0.29) is 0 Å². The van der Waals surface area contributed by atoms with Crippen molar-refractivity contribution in [3.05, 3.63) is 297 Å². The molecule has 0 aliphatic heterocycles. The second-order valence-corrected chi connectivity index (χ2v) is 34.3. The molecular weight excluding hydrogens is 1430 g/mol. The van der Waals surface area contributed by atoms with Crippen LogP contribution >= 0.6 is 0 Å². The largest absolute Gasteiger partial charge is 0.287 e. The molecule has 0 bridgehead atoms. The maximum atomic E-state index is 4.80. The van der Waals surface area contributed by atoms with Gasteiger partial charge in [-0.3, -0.25) is 0 Å². The Morgan fingerprint density at radius 3 is 1.04 bits per heavy atom. The van der Waals surface area contributed by atoms with Gasteiger partial charge in [-0.2, -0.15) is 0 Å². The van der Waals surface area contributed by atoms with E-state index in [0.29, 0.717) is 17.8 Å². The normalized spacial score (nSPS) is 13.5. The number of hydrogen-bond donors (Lipinski definition) is 0. The zero-order valence-corrected chi connectivity index (χ0v) is 73.3. The summed E-state index contributed by atoms with van der Waals surface area (Å²) in [5.74, 6) is 3.38. The zero-order chi connectivity index (χ0) is 82.5. The number of aromatic nitrogens is 10. The smallest absolute Gasteiger partial charge is 0.232 e. The summed E-state index contributed by atoms with van der Waals surface area (Å²) in [6, 6.07) is 67.3. The van der Waals surface area contributed by atoms with Crippen LogP contribution < -0.4 is 22.8 Å². The molecule has 0 N–H and O–H groups in total. The van der Waals surface area contributed by atoms with Gasteiger partial charge in [0.15, 0.2) is 27.6 Å². The molecule has 596 valence electrons. The van der Waals surface area contributed by atoms with Crippen LogP contribution in [0, 0.1) is 69.2 Å². The molecule has 0 radical (unpaired) electrons. The Bertz CT molecular complexity index is 6100. The van der Waals surface area contributed by atoms with Crippen LogP contribution in [0.15, 0.2) is 214 Å². The minimum absolute atomic E-state index is 0.570. The van der Waals surface area contributed by atoms with Crippen molar-refractivity contribution in [2.24, 2.45) is 35.2 Å². The van der Waals surface area contributed by atoms with Gasteiger partial charge in [0.25, 0.3) is 31.6 Å². The lowest BCUT2D eigenvalue weighted by Gasteiger charge is -2.25. The van der Waals surface area contributed by atoms with E-state index in [2.05, 4.69) is 347 Å². The maximum absolute atomic E-state index is 4.80. The van der Waals surface area contributed by atoms with Gasteiger partial charge in [0.05, 0.1) is 62.2 Å². The van der Waals surface area contributed by atoms with Crippen LogP contribution in [0.1, 0.15) is 224 Å². The van der Waals surface area contributed by atoms with E-state index in [1.54, 1.807) is 0 Å². The van der Waals surface area contributed by atoms with E-state index in [1.165, 1.54) is 243 Å². The van der Waals surface area contributed by atoms with Crippen LogP contribution in [0.25, 0.3) is 111 Å². The quantitative estimate of drug-likeness (QED) is 0.101. The van der Waals surface area contributed by atoms with Gasteiger partial charge in [0, 0.05) is 38.9 Å². The third kappa shape index (κ3) is 17.5. The summed E-state index contributed by atoms with van der Waals surface area (Å²) in [6.45, 7) is 30.8. The molecule has 15 aromatic rings. The molecule has 117 heavy (non-hydrogen) atoms. The molecule has 10 aromatic carbocycles. The van der Waals surface area contributed by atoms with Gasteiger partial charge in [0.1, 0.15) is 28.5 Å². The Hall–Kier alpha value is -11.1. The summed E-state index contributed by atoms with van der Waals surface area (Å²) in [5.41, 5.74) is 38.6. The summed E-state index contributed by atoms with van der Waals surface area (Å²) < 4.78 is 10.8. The predicted octanol–water partition coefficient (Wildman–Crippen LogP) is 24.3. The fourth-order valence-corrected chi connectivity index (χ4v) is 18.1. The van der Waals surface area contributed by atoms with Crippen LogP contribution in [0.5, 0.6) is 0 Å². The van der Waals surface area contributed by atoms with Crippen molar-refractivity contribution in [3.63, 3.8) is 0 Å². The number of para-hydroxylation sites is 2. The monoisotopic (exact) mass is 1550 g/mol. The predicted molar refractivity (Wildman–Crippen MR) is 486 cm³/mol. The molecule has 10 nitrogen and oxygen atoms in total. The van der Waals surface area contributed by atoms with E-state index in [4.69, 9.17) is 15.0 Å². The lowest BCUT2D eigenvalue weighted by atomic mass is 9.79. The van der Waals surface area contributed by atoms with Gasteiger partial charge < -0.3 is 0 Å². The maximum Gasteiger partial charge on any atom is 0.287 e. The molecule has 0 spiro atoms. The minimum Gasteiger partial charge on any atom is -0.232 e. The highest BCUT2D eigenvalue weighted by molar-refractivity contribution is 5.97.